The lowest BCUT2D eigenvalue weighted by Crippen LogP contribution is -2.41. The fourth-order valence-corrected chi connectivity index (χ4v) is 2.81. The van der Waals surface area contributed by atoms with Crippen molar-refractivity contribution in [2.45, 2.75) is 12.8 Å². The molecule has 0 unspecified atom stereocenters. The first-order chi connectivity index (χ1) is 13.6. The van der Waals surface area contributed by atoms with Gasteiger partial charge in [0.05, 0.1) is 20.8 Å². The second kappa shape index (κ2) is 8.65. The molecule has 28 heavy (non-hydrogen) atoms. The van der Waals surface area contributed by atoms with Crippen molar-refractivity contribution >= 4 is 17.5 Å². The fraction of sp³-hybridized carbons (Fsp3) is 0.333. The number of carbonyl (C=O) groups excluding carboxylic acids is 2. The summed E-state index contributed by atoms with van der Waals surface area (Å²) in [5.74, 6) is 1.51. The molecule has 2 N–H and O–H groups in total. The molecule has 1 aliphatic rings. The lowest BCUT2D eigenvalue weighted by molar-refractivity contribution is -0.134. The van der Waals surface area contributed by atoms with E-state index in [1.165, 1.54) is 0 Å². The number of nitrogens with one attached hydrogen (secondary N) is 2. The highest BCUT2D eigenvalue weighted by Crippen LogP contribution is 2.46. The van der Waals surface area contributed by atoms with E-state index in [9.17, 15) is 9.59 Å². The first kappa shape index (κ1) is 19.5. The summed E-state index contributed by atoms with van der Waals surface area (Å²) in [5.41, 5.74) is -0.394. The second-order valence-corrected chi connectivity index (χ2v) is 6.55. The molecular weight excluding hydrogens is 360 g/mol. The molecule has 7 nitrogen and oxygen atoms in total. The largest absolute Gasteiger partial charge is 0.497 e. The van der Waals surface area contributed by atoms with Crippen LogP contribution in [-0.4, -0.2) is 39.2 Å². The average molecular weight is 384 g/mol. The van der Waals surface area contributed by atoms with Gasteiger partial charge in [-0.25, -0.2) is 0 Å². The van der Waals surface area contributed by atoms with Crippen molar-refractivity contribution in [1.29, 1.82) is 0 Å². The van der Waals surface area contributed by atoms with E-state index in [0.717, 1.165) is 5.75 Å². The van der Waals surface area contributed by atoms with E-state index in [0.29, 0.717) is 43.2 Å². The Labute approximate surface area is 164 Å². The first-order valence-corrected chi connectivity index (χ1v) is 9.08. The number of hydrogen-bond donors (Lipinski definition) is 2. The smallest absolute Gasteiger partial charge is 0.240 e. The monoisotopic (exact) mass is 384 g/mol. The van der Waals surface area contributed by atoms with Crippen molar-refractivity contribution in [2.75, 3.05) is 32.7 Å². The van der Waals surface area contributed by atoms with Gasteiger partial charge in [0.2, 0.25) is 11.8 Å². The van der Waals surface area contributed by atoms with E-state index in [-0.39, 0.29) is 11.8 Å². The van der Waals surface area contributed by atoms with Crippen LogP contribution in [0.25, 0.3) is 0 Å². The Hall–Kier alpha value is -3.22. The van der Waals surface area contributed by atoms with Gasteiger partial charge in [0.25, 0.3) is 0 Å². The number of hydrogen-bond acceptors (Lipinski definition) is 5. The number of anilines is 1. The first-order valence-electron chi connectivity index (χ1n) is 9.08. The lowest BCUT2D eigenvalue weighted by Gasteiger charge is -2.16. The van der Waals surface area contributed by atoms with Crippen LogP contribution >= 0.6 is 0 Å². The van der Waals surface area contributed by atoms with Crippen LogP contribution in [0.3, 0.4) is 0 Å². The minimum atomic E-state index is -0.997. The summed E-state index contributed by atoms with van der Waals surface area (Å²) in [6.07, 6.45) is 1.07. The molecule has 0 aliphatic heterocycles. The molecule has 0 spiro atoms. The number of carbonyl (C=O) groups is 2. The van der Waals surface area contributed by atoms with Gasteiger partial charge >= 0.3 is 0 Å². The summed E-state index contributed by atoms with van der Waals surface area (Å²) >= 11 is 0. The van der Waals surface area contributed by atoms with Crippen LogP contribution in [0, 0.1) is 5.41 Å². The normalized spacial score (nSPS) is 13.9. The molecule has 2 aromatic rings. The van der Waals surface area contributed by atoms with Crippen molar-refractivity contribution in [2.24, 2.45) is 5.41 Å². The maximum atomic E-state index is 12.6. The molecule has 0 heterocycles. The van der Waals surface area contributed by atoms with Gasteiger partial charge in [-0.05, 0) is 49.2 Å². The minimum Gasteiger partial charge on any atom is -0.497 e. The van der Waals surface area contributed by atoms with Crippen LogP contribution in [0.15, 0.2) is 48.5 Å². The number of ether oxygens (including phenoxy) is 3. The van der Waals surface area contributed by atoms with Crippen molar-refractivity contribution in [3.05, 3.63) is 48.5 Å². The molecule has 148 valence electrons. The zero-order valence-electron chi connectivity index (χ0n) is 16.0. The van der Waals surface area contributed by atoms with E-state index in [1.54, 1.807) is 62.8 Å². The third-order valence-electron chi connectivity index (χ3n) is 4.66. The Morgan fingerprint density at radius 3 is 2.25 bits per heavy atom. The van der Waals surface area contributed by atoms with Gasteiger partial charge in [-0.3, -0.25) is 9.59 Å². The molecule has 0 atom stereocenters. The summed E-state index contributed by atoms with van der Waals surface area (Å²) < 4.78 is 15.8. The van der Waals surface area contributed by atoms with Gasteiger partial charge in [-0.1, -0.05) is 6.07 Å². The summed E-state index contributed by atoms with van der Waals surface area (Å²) in [7, 11) is 3.16. The molecular formula is C21H24N2O5. The quantitative estimate of drug-likeness (QED) is 0.513. The number of rotatable bonds is 9. The molecule has 2 aromatic carbocycles. The van der Waals surface area contributed by atoms with Gasteiger partial charge < -0.3 is 24.8 Å². The second-order valence-electron chi connectivity index (χ2n) is 6.55. The fourth-order valence-electron chi connectivity index (χ4n) is 2.81. The molecule has 2 amide bonds. The van der Waals surface area contributed by atoms with Crippen LogP contribution in [0.2, 0.25) is 0 Å². The Balaban J connectivity index is 1.47. The predicted molar refractivity (Wildman–Crippen MR) is 105 cm³/mol. The number of benzene rings is 2. The third kappa shape index (κ3) is 4.54. The van der Waals surface area contributed by atoms with Crippen LogP contribution < -0.4 is 24.8 Å². The molecule has 1 saturated carbocycles. The number of amides is 2. The lowest BCUT2D eigenvalue weighted by atomic mass is 10.1. The SMILES string of the molecule is COc1ccc(OCCNC(=O)C2(C(=O)Nc3cccc(OC)c3)CC2)cc1. The number of methoxy groups -OCH3 is 2. The van der Waals surface area contributed by atoms with Gasteiger partial charge in [0.15, 0.2) is 0 Å². The molecule has 0 radical (unpaired) electrons. The Kier molecular flexibility index (Phi) is 6.03. The minimum absolute atomic E-state index is 0.272. The van der Waals surface area contributed by atoms with Crippen molar-refractivity contribution in [1.82, 2.24) is 5.32 Å². The van der Waals surface area contributed by atoms with Gasteiger partial charge in [0, 0.05) is 11.8 Å². The Morgan fingerprint density at radius 2 is 1.61 bits per heavy atom. The summed E-state index contributed by atoms with van der Waals surface area (Å²) in [6, 6.07) is 14.2. The van der Waals surface area contributed by atoms with Crippen LogP contribution in [0.1, 0.15) is 12.8 Å². The van der Waals surface area contributed by atoms with Crippen molar-refractivity contribution < 1.29 is 23.8 Å². The highest BCUT2D eigenvalue weighted by atomic mass is 16.5. The van der Waals surface area contributed by atoms with E-state index in [2.05, 4.69) is 10.6 Å². The molecule has 3 rings (SSSR count). The standard InChI is InChI=1S/C21H24N2O5/c1-26-16-6-8-17(9-7-16)28-13-12-22-19(24)21(10-11-21)20(25)23-15-4-3-5-18(14-15)27-2/h3-9,14H,10-13H2,1-2H3,(H,22,24)(H,23,25). The molecule has 7 heteroatoms. The maximum Gasteiger partial charge on any atom is 0.240 e. The van der Waals surface area contributed by atoms with Crippen LogP contribution in [0.4, 0.5) is 5.69 Å². The van der Waals surface area contributed by atoms with E-state index < -0.39 is 5.41 Å². The van der Waals surface area contributed by atoms with Crippen LogP contribution in [0.5, 0.6) is 17.2 Å². The summed E-state index contributed by atoms with van der Waals surface area (Å²) in [4.78, 5) is 25.1. The van der Waals surface area contributed by atoms with E-state index >= 15 is 0 Å². The summed E-state index contributed by atoms with van der Waals surface area (Å²) in [6.45, 7) is 0.630. The zero-order valence-corrected chi connectivity index (χ0v) is 16.0. The highest BCUT2D eigenvalue weighted by Gasteiger charge is 2.56. The maximum absolute atomic E-state index is 12.6. The van der Waals surface area contributed by atoms with Gasteiger partial charge in [0.1, 0.15) is 29.3 Å². The molecule has 0 aromatic heterocycles. The molecule has 0 saturated heterocycles. The Bertz CT molecular complexity index is 831. The van der Waals surface area contributed by atoms with Gasteiger partial charge in [-0.15, -0.1) is 0 Å². The topological polar surface area (TPSA) is 85.9 Å². The van der Waals surface area contributed by atoms with Crippen molar-refractivity contribution in [3.63, 3.8) is 0 Å². The molecule has 0 bridgehead atoms. The Morgan fingerprint density at radius 1 is 0.929 bits per heavy atom. The molecule has 1 aliphatic carbocycles. The highest BCUT2D eigenvalue weighted by molar-refractivity contribution is 6.13. The van der Waals surface area contributed by atoms with Crippen LogP contribution in [-0.2, 0) is 9.59 Å². The summed E-state index contributed by atoms with van der Waals surface area (Å²) in [5, 5.41) is 5.60. The predicted octanol–water partition coefficient (Wildman–Crippen LogP) is 2.62. The zero-order chi connectivity index (χ0) is 20.0. The van der Waals surface area contributed by atoms with Gasteiger partial charge in [-0.2, -0.15) is 0 Å². The van der Waals surface area contributed by atoms with Crippen molar-refractivity contribution in [3.8, 4) is 17.2 Å². The van der Waals surface area contributed by atoms with E-state index in [1.807, 2.05) is 0 Å². The third-order valence-corrected chi connectivity index (χ3v) is 4.66. The average Bonchev–Trinajstić information content (AvgIpc) is 3.54. The molecule has 1 fully saturated rings. The van der Waals surface area contributed by atoms with E-state index in [4.69, 9.17) is 14.2 Å².